The number of guanidine groups is 1. The minimum atomic E-state index is 0. The van der Waals surface area contributed by atoms with Crippen molar-refractivity contribution in [1.82, 2.24) is 10.6 Å². The number of hydrogen-bond donors (Lipinski definition) is 2. The zero-order valence-electron chi connectivity index (χ0n) is 13.9. The molecule has 6 heteroatoms. The maximum Gasteiger partial charge on any atom is 0.191 e. The van der Waals surface area contributed by atoms with E-state index in [0.29, 0.717) is 6.54 Å². The Morgan fingerprint density at radius 1 is 1.04 bits per heavy atom. The molecule has 0 aliphatic rings. The first-order valence-electron chi connectivity index (χ1n) is 7.54. The van der Waals surface area contributed by atoms with Crippen LogP contribution in [-0.4, -0.2) is 26.7 Å². The molecule has 24 heavy (non-hydrogen) atoms. The quantitative estimate of drug-likeness (QED) is 0.392. The molecule has 0 aliphatic carbocycles. The molecule has 0 aromatic heterocycles. The molecular formula is C18H23ClIN3O. The Kier molecular flexibility index (Phi) is 9.56. The third-order valence-corrected chi connectivity index (χ3v) is 3.88. The highest BCUT2D eigenvalue weighted by molar-refractivity contribution is 14.0. The van der Waals surface area contributed by atoms with Crippen LogP contribution in [0.15, 0.2) is 53.5 Å². The van der Waals surface area contributed by atoms with Gasteiger partial charge in [-0.2, -0.15) is 0 Å². The van der Waals surface area contributed by atoms with Gasteiger partial charge >= 0.3 is 0 Å². The van der Waals surface area contributed by atoms with Crippen LogP contribution < -0.4 is 15.4 Å². The molecule has 0 amide bonds. The molecular weight excluding hydrogens is 437 g/mol. The summed E-state index contributed by atoms with van der Waals surface area (Å²) >= 11 is 6.15. The summed E-state index contributed by atoms with van der Waals surface area (Å²) in [6.07, 6.45) is 0.858. The summed E-state index contributed by atoms with van der Waals surface area (Å²) in [5.41, 5.74) is 2.21. The first-order valence-corrected chi connectivity index (χ1v) is 7.92. The van der Waals surface area contributed by atoms with Gasteiger partial charge in [0, 0.05) is 25.2 Å². The van der Waals surface area contributed by atoms with E-state index in [-0.39, 0.29) is 24.0 Å². The normalized spacial score (nSPS) is 10.7. The van der Waals surface area contributed by atoms with E-state index < -0.39 is 0 Å². The number of aliphatic imine (C=N–C) groups is 1. The lowest BCUT2D eigenvalue weighted by molar-refractivity contribution is 0.409. The summed E-state index contributed by atoms with van der Waals surface area (Å²) < 4.78 is 5.36. The monoisotopic (exact) mass is 459 g/mol. The predicted octanol–water partition coefficient (Wildman–Crippen LogP) is 3.87. The Morgan fingerprint density at radius 2 is 1.71 bits per heavy atom. The van der Waals surface area contributed by atoms with Crippen LogP contribution in [0.3, 0.4) is 0 Å². The highest BCUT2D eigenvalue weighted by atomic mass is 127. The maximum atomic E-state index is 6.15. The van der Waals surface area contributed by atoms with Crippen molar-refractivity contribution in [2.45, 2.75) is 13.0 Å². The van der Waals surface area contributed by atoms with Crippen molar-refractivity contribution < 1.29 is 4.74 Å². The van der Waals surface area contributed by atoms with E-state index in [0.717, 1.165) is 35.3 Å². The molecule has 0 spiro atoms. The smallest absolute Gasteiger partial charge is 0.191 e. The van der Waals surface area contributed by atoms with Crippen LogP contribution in [0.5, 0.6) is 5.75 Å². The van der Waals surface area contributed by atoms with Gasteiger partial charge in [0.15, 0.2) is 5.96 Å². The number of hydrogen-bond acceptors (Lipinski definition) is 2. The van der Waals surface area contributed by atoms with E-state index in [9.17, 15) is 0 Å². The number of benzene rings is 2. The van der Waals surface area contributed by atoms with Gasteiger partial charge in [0.05, 0.1) is 7.11 Å². The van der Waals surface area contributed by atoms with Crippen LogP contribution in [0.1, 0.15) is 11.1 Å². The molecule has 0 atom stereocenters. The third-order valence-electron chi connectivity index (χ3n) is 3.51. The minimum Gasteiger partial charge on any atom is -0.496 e. The first-order chi connectivity index (χ1) is 11.2. The fourth-order valence-electron chi connectivity index (χ4n) is 2.27. The van der Waals surface area contributed by atoms with Crippen LogP contribution in [0.25, 0.3) is 0 Å². The van der Waals surface area contributed by atoms with Gasteiger partial charge in [-0.25, -0.2) is 0 Å². The molecule has 0 heterocycles. The number of methoxy groups -OCH3 is 1. The second-order valence-corrected chi connectivity index (χ2v) is 5.41. The fraction of sp³-hybridized carbons (Fsp3) is 0.278. The van der Waals surface area contributed by atoms with Crippen LogP contribution in [0.4, 0.5) is 0 Å². The molecule has 0 radical (unpaired) electrons. The Hall–Kier alpha value is -1.47. The number of rotatable bonds is 6. The fourth-order valence-corrected chi connectivity index (χ4v) is 2.47. The third kappa shape index (κ3) is 6.20. The van der Waals surface area contributed by atoms with Crippen molar-refractivity contribution in [2.24, 2.45) is 4.99 Å². The van der Waals surface area contributed by atoms with Gasteiger partial charge in [-0.15, -0.1) is 24.0 Å². The molecule has 2 N–H and O–H groups in total. The van der Waals surface area contributed by atoms with E-state index in [1.807, 2.05) is 42.5 Å². The topological polar surface area (TPSA) is 45.7 Å². The van der Waals surface area contributed by atoms with Gasteiger partial charge in [0.2, 0.25) is 0 Å². The standard InChI is InChI=1S/C18H22ClN3O.HI/c1-20-18(22-13-15-8-3-5-9-16(15)19)21-12-11-14-7-4-6-10-17(14)23-2;/h3-10H,11-13H2,1-2H3,(H2,20,21,22);1H. The Bertz CT molecular complexity index is 664. The molecule has 0 saturated carbocycles. The number of ether oxygens (including phenoxy) is 1. The lowest BCUT2D eigenvalue weighted by Gasteiger charge is -2.13. The average Bonchev–Trinajstić information content (AvgIpc) is 2.59. The Morgan fingerprint density at radius 3 is 2.38 bits per heavy atom. The lowest BCUT2D eigenvalue weighted by atomic mass is 10.1. The molecule has 0 fully saturated rings. The van der Waals surface area contributed by atoms with Crippen molar-refractivity contribution in [3.63, 3.8) is 0 Å². The summed E-state index contributed by atoms with van der Waals surface area (Å²) in [6, 6.07) is 15.8. The summed E-state index contributed by atoms with van der Waals surface area (Å²) in [6.45, 7) is 1.40. The highest BCUT2D eigenvalue weighted by Crippen LogP contribution is 2.17. The van der Waals surface area contributed by atoms with Gasteiger partial charge in [-0.1, -0.05) is 48.0 Å². The van der Waals surface area contributed by atoms with E-state index in [1.54, 1.807) is 14.2 Å². The zero-order chi connectivity index (χ0) is 16.5. The van der Waals surface area contributed by atoms with E-state index in [1.165, 1.54) is 5.56 Å². The number of halogens is 2. The van der Waals surface area contributed by atoms with Crippen molar-refractivity contribution in [2.75, 3.05) is 20.7 Å². The molecule has 0 aliphatic heterocycles. The summed E-state index contributed by atoms with van der Waals surface area (Å²) in [4.78, 5) is 4.23. The van der Waals surface area contributed by atoms with Gasteiger partial charge in [-0.05, 0) is 29.7 Å². The highest BCUT2D eigenvalue weighted by Gasteiger charge is 2.04. The number of para-hydroxylation sites is 1. The lowest BCUT2D eigenvalue weighted by Crippen LogP contribution is -2.37. The molecule has 130 valence electrons. The largest absolute Gasteiger partial charge is 0.496 e. The van der Waals surface area contributed by atoms with Crippen LogP contribution >= 0.6 is 35.6 Å². The Balaban J connectivity index is 0.00000288. The van der Waals surface area contributed by atoms with Gasteiger partial charge in [-0.3, -0.25) is 4.99 Å². The summed E-state index contributed by atoms with van der Waals surface area (Å²) in [5.74, 6) is 1.66. The van der Waals surface area contributed by atoms with Crippen molar-refractivity contribution >= 4 is 41.5 Å². The van der Waals surface area contributed by atoms with Crippen molar-refractivity contribution in [3.05, 3.63) is 64.7 Å². The maximum absolute atomic E-state index is 6.15. The first kappa shape index (κ1) is 20.6. The van der Waals surface area contributed by atoms with Crippen molar-refractivity contribution in [1.29, 1.82) is 0 Å². The van der Waals surface area contributed by atoms with Gasteiger partial charge in [0.1, 0.15) is 5.75 Å². The SMILES string of the molecule is CN=C(NCCc1ccccc1OC)NCc1ccccc1Cl.I. The predicted molar refractivity (Wildman–Crippen MR) is 112 cm³/mol. The Labute approximate surface area is 165 Å². The second kappa shape index (κ2) is 11.1. The van der Waals surface area contributed by atoms with Crippen molar-refractivity contribution in [3.8, 4) is 5.75 Å². The van der Waals surface area contributed by atoms with E-state index >= 15 is 0 Å². The van der Waals surface area contributed by atoms with Crippen LogP contribution in [0.2, 0.25) is 5.02 Å². The van der Waals surface area contributed by atoms with E-state index in [4.69, 9.17) is 16.3 Å². The number of nitrogens with one attached hydrogen (secondary N) is 2. The van der Waals surface area contributed by atoms with Crippen LogP contribution in [-0.2, 0) is 13.0 Å². The molecule has 0 bridgehead atoms. The molecule has 2 rings (SSSR count). The summed E-state index contributed by atoms with van der Waals surface area (Å²) in [5, 5.41) is 7.32. The molecule has 2 aromatic rings. The molecule has 4 nitrogen and oxygen atoms in total. The summed E-state index contributed by atoms with van der Waals surface area (Å²) in [7, 11) is 3.45. The minimum absolute atomic E-state index is 0. The van der Waals surface area contributed by atoms with E-state index in [2.05, 4.69) is 21.7 Å². The van der Waals surface area contributed by atoms with Crippen LogP contribution in [0, 0.1) is 0 Å². The average molecular weight is 460 g/mol. The molecule has 0 unspecified atom stereocenters. The second-order valence-electron chi connectivity index (χ2n) is 5.01. The van der Waals surface area contributed by atoms with Gasteiger partial charge < -0.3 is 15.4 Å². The molecule has 0 saturated heterocycles. The van der Waals surface area contributed by atoms with Gasteiger partial charge in [0.25, 0.3) is 0 Å². The number of nitrogens with zero attached hydrogens (tertiary/aromatic N) is 1. The molecule has 2 aromatic carbocycles. The zero-order valence-corrected chi connectivity index (χ0v) is 17.0.